The van der Waals surface area contributed by atoms with Crippen LogP contribution in [-0.2, 0) is 14.6 Å². The summed E-state index contributed by atoms with van der Waals surface area (Å²) in [5, 5.41) is 0.573. The van der Waals surface area contributed by atoms with Crippen LogP contribution in [0.3, 0.4) is 0 Å². The van der Waals surface area contributed by atoms with Crippen LogP contribution in [0.4, 0.5) is 5.69 Å². The molecule has 0 aromatic heterocycles. The minimum Gasteiger partial charge on any atom is -0.315 e. The van der Waals surface area contributed by atoms with Crippen molar-refractivity contribution in [3.63, 3.8) is 0 Å². The molecule has 2 aliphatic heterocycles. The average molecular weight is 367 g/mol. The van der Waals surface area contributed by atoms with E-state index < -0.39 is 9.84 Å². The summed E-state index contributed by atoms with van der Waals surface area (Å²) in [5.74, 6) is -0.0786. The first-order valence-corrected chi connectivity index (χ1v) is 10.7. The Morgan fingerprint density at radius 1 is 1.25 bits per heavy atom. The van der Waals surface area contributed by atoms with Gasteiger partial charge >= 0.3 is 0 Å². The standard InChI is InChI=1S/C17H22N2O3S2/c1-10(2)16(20)18-17-19(15-11(3)6-5-7-12(15)4)13-8-24(21,22)9-14(13)23-17/h5-7,10,13-14H,8-9H2,1-4H3/t13-,14+/m1/s1. The Morgan fingerprint density at radius 3 is 2.46 bits per heavy atom. The number of hydrogen-bond acceptors (Lipinski definition) is 4. The van der Waals surface area contributed by atoms with Crippen molar-refractivity contribution in [2.24, 2.45) is 10.9 Å². The van der Waals surface area contributed by atoms with Crippen LogP contribution in [0.25, 0.3) is 0 Å². The van der Waals surface area contributed by atoms with Crippen molar-refractivity contribution >= 4 is 38.4 Å². The van der Waals surface area contributed by atoms with Crippen LogP contribution in [0.15, 0.2) is 23.2 Å². The summed E-state index contributed by atoms with van der Waals surface area (Å²) in [7, 11) is -3.04. The zero-order valence-electron chi connectivity index (χ0n) is 14.3. The van der Waals surface area contributed by atoms with E-state index >= 15 is 0 Å². The normalized spacial score (nSPS) is 27.0. The lowest BCUT2D eigenvalue weighted by molar-refractivity contribution is -0.120. The molecule has 0 saturated carbocycles. The number of benzene rings is 1. The van der Waals surface area contributed by atoms with Gasteiger partial charge in [0.15, 0.2) is 15.0 Å². The molecule has 2 saturated heterocycles. The maximum Gasteiger partial charge on any atom is 0.250 e. The fourth-order valence-electron chi connectivity index (χ4n) is 3.23. The number of thioether (sulfide) groups is 1. The number of sulfone groups is 1. The molecule has 130 valence electrons. The van der Waals surface area contributed by atoms with Gasteiger partial charge in [0.05, 0.1) is 17.5 Å². The van der Waals surface area contributed by atoms with Gasteiger partial charge in [-0.1, -0.05) is 43.8 Å². The molecular formula is C17H22N2O3S2. The fraction of sp³-hybridized carbons (Fsp3) is 0.529. The van der Waals surface area contributed by atoms with E-state index in [2.05, 4.69) is 4.99 Å². The summed E-state index contributed by atoms with van der Waals surface area (Å²) in [4.78, 5) is 18.5. The summed E-state index contributed by atoms with van der Waals surface area (Å²) in [6.07, 6.45) is 0. The molecule has 2 heterocycles. The lowest BCUT2D eigenvalue weighted by Crippen LogP contribution is -2.38. The molecule has 1 amide bonds. The van der Waals surface area contributed by atoms with E-state index in [1.54, 1.807) is 0 Å². The zero-order chi connectivity index (χ0) is 17.6. The highest BCUT2D eigenvalue weighted by atomic mass is 32.2. The van der Waals surface area contributed by atoms with Crippen LogP contribution in [0.2, 0.25) is 0 Å². The van der Waals surface area contributed by atoms with Crippen LogP contribution in [0.1, 0.15) is 25.0 Å². The third kappa shape index (κ3) is 3.11. The number of amidine groups is 1. The van der Waals surface area contributed by atoms with E-state index in [1.807, 2.05) is 50.8 Å². The second-order valence-electron chi connectivity index (χ2n) is 6.80. The Labute approximate surface area is 147 Å². The van der Waals surface area contributed by atoms with Gasteiger partial charge in [-0.25, -0.2) is 8.42 Å². The molecule has 2 fully saturated rings. The Morgan fingerprint density at radius 2 is 1.88 bits per heavy atom. The van der Waals surface area contributed by atoms with E-state index in [0.29, 0.717) is 5.17 Å². The molecule has 1 aromatic carbocycles. The Balaban J connectivity index is 2.10. The van der Waals surface area contributed by atoms with E-state index in [4.69, 9.17) is 0 Å². The molecule has 0 spiro atoms. The predicted molar refractivity (Wildman–Crippen MR) is 99.5 cm³/mol. The van der Waals surface area contributed by atoms with Gasteiger partial charge in [-0.15, -0.1) is 0 Å². The molecule has 24 heavy (non-hydrogen) atoms. The topological polar surface area (TPSA) is 66.8 Å². The van der Waals surface area contributed by atoms with Crippen LogP contribution in [-0.4, -0.2) is 42.3 Å². The molecule has 5 nitrogen and oxygen atoms in total. The number of aryl methyl sites for hydroxylation is 2. The fourth-order valence-corrected chi connectivity index (χ4v) is 7.14. The Hall–Kier alpha value is -1.34. The average Bonchev–Trinajstić information content (AvgIpc) is 2.91. The molecule has 3 rings (SSSR count). The molecule has 0 aliphatic carbocycles. The smallest absolute Gasteiger partial charge is 0.250 e. The summed E-state index contributed by atoms with van der Waals surface area (Å²) in [5.41, 5.74) is 3.10. The second-order valence-corrected chi connectivity index (χ2v) is 10.2. The summed E-state index contributed by atoms with van der Waals surface area (Å²) in [6, 6.07) is 5.84. The van der Waals surface area contributed by atoms with Gasteiger partial charge in [-0.2, -0.15) is 4.99 Å². The number of fused-ring (bicyclic) bond motifs is 1. The first-order chi connectivity index (χ1) is 11.2. The van der Waals surface area contributed by atoms with E-state index in [1.165, 1.54) is 11.8 Å². The molecule has 0 N–H and O–H groups in total. The van der Waals surface area contributed by atoms with Crippen LogP contribution in [0.5, 0.6) is 0 Å². The molecule has 1 aromatic rings. The van der Waals surface area contributed by atoms with Gasteiger partial charge in [0.2, 0.25) is 0 Å². The van der Waals surface area contributed by atoms with Crippen molar-refractivity contribution in [1.29, 1.82) is 0 Å². The van der Waals surface area contributed by atoms with Crippen molar-refractivity contribution in [3.05, 3.63) is 29.3 Å². The highest BCUT2D eigenvalue weighted by molar-refractivity contribution is 8.16. The number of rotatable bonds is 2. The van der Waals surface area contributed by atoms with Crippen molar-refractivity contribution in [2.45, 2.75) is 39.0 Å². The molecule has 2 atom stereocenters. The number of para-hydroxylation sites is 1. The largest absolute Gasteiger partial charge is 0.315 e. The van der Waals surface area contributed by atoms with Crippen molar-refractivity contribution in [2.75, 3.05) is 16.4 Å². The number of carbonyl (C=O) groups is 1. The molecule has 0 bridgehead atoms. The van der Waals surface area contributed by atoms with Crippen molar-refractivity contribution in [3.8, 4) is 0 Å². The summed E-state index contributed by atoms with van der Waals surface area (Å²) < 4.78 is 24.2. The summed E-state index contributed by atoms with van der Waals surface area (Å²) in [6.45, 7) is 7.65. The first kappa shape index (κ1) is 17.5. The number of anilines is 1. The third-order valence-corrected chi connectivity index (χ3v) is 7.66. The highest BCUT2D eigenvalue weighted by Crippen LogP contribution is 2.43. The van der Waals surface area contributed by atoms with Crippen LogP contribution in [0, 0.1) is 19.8 Å². The van der Waals surface area contributed by atoms with E-state index in [0.717, 1.165) is 16.8 Å². The number of nitrogens with zero attached hydrogens (tertiary/aromatic N) is 2. The Bertz CT molecular complexity index is 795. The predicted octanol–water partition coefficient (Wildman–Crippen LogP) is 2.56. The third-order valence-electron chi connectivity index (χ3n) is 4.45. The number of hydrogen-bond donors (Lipinski definition) is 0. The first-order valence-electron chi connectivity index (χ1n) is 8.04. The number of carbonyl (C=O) groups excluding carboxylic acids is 1. The van der Waals surface area contributed by atoms with Gasteiger partial charge < -0.3 is 4.90 Å². The van der Waals surface area contributed by atoms with Gasteiger partial charge in [-0.05, 0) is 25.0 Å². The molecular weight excluding hydrogens is 344 g/mol. The van der Waals surface area contributed by atoms with Gasteiger partial charge in [0.1, 0.15) is 0 Å². The lowest BCUT2D eigenvalue weighted by Gasteiger charge is -2.28. The van der Waals surface area contributed by atoms with E-state index in [-0.39, 0.29) is 34.6 Å². The summed E-state index contributed by atoms with van der Waals surface area (Å²) >= 11 is 1.43. The van der Waals surface area contributed by atoms with E-state index in [9.17, 15) is 13.2 Å². The number of amides is 1. The van der Waals surface area contributed by atoms with Gasteiger partial charge in [0.25, 0.3) is 5.91 Å². The second kappa shape index (κ2) is 6.19. The monoisotopic (exact) mass is 366 g/mol. The maximum atomic E-state index is 12.1. The van der Waals surface area contributed by atoms with Gasteiger partial charge in [0, 0.05) is 16.9 Å². The van der Waals surface area contributed by atoms with Crippen LogP contribution >= 0.6 is 11.8 Å². The lowest BCUT2D eigenvalue weighted by atomic mass is 10.1. The quantitative estimate of drug-likeness (QED) is 0.805. The highest BCUT2D eigenvalue weighted by Gasteiger charge is 2.49. The van der Waals surface area contributed by atoms with Crippen molar-refractivity contribution in [1.82, 2.24) is 0 Å². The van der Waals surface area contributed by atoms with Crippen molar-refractivity contribution < 1.29 is 13.2 Å². The van der Waals surface area contributed by atoms with Gasteiger partial charge in [-0.3, -0.25) is 4.79 Å². The Kier molecular flexibility index (Phi) is 4.51. The minimum atomic E-state index is -3.04. The molecule has 7 heteroatoms. The molecule has 0 radical (unpaired) electrons. The molecule has 2 aliphatic rings. The minimum absolute atomic E-state index is 0.0623. The molecule has 0 unspecified atom stereocenters. The number of aliphatic imine (C=N–C) groups is 1. The SMILES string of the molecule is Cc1cccc(C)c1N1C(=NC(=O)C(C)C)S[C@H]2CS(=O)(=O)C[C@H]21. The van der Waals surface area contributed by atoms with Crippen LogP contribution < -0.4 is 4.90 Å². The maximum absolute atomic E-state index is 12.1. The zero-order valence-corrected chi connectivity index (χ0v) is 15.9.